The van der Waals surface area contributed by atoms with Crippen molar-refractivity contribution < 1.29 is 26.7 Å². The Hall–Kier alpha value is -1.12. The molecule has 0 fully saturated rings. The molecule has 2 atom stereocenters. The second-order valence-electron chi connectivity index (χ2n) is 4.50. The van der Waals surface area contributed by atoms with Gasteiger partial charge in [0.15, 0.2) is 11.6 Å². The van der Waals surface area contributed by atoms with Gasteiger partial charge in [-0.1, -0.05) is 20.3 Å². The van der Waals surface area contributed by atoms with Crippen LogP contribution in [0.4, 0.5) is 13.2 Å². The van der Waals surface area contributed by atoms with E-state index in [9.17, 15) is 26.7 Å². The highest BCUT2D eigenvalue weighted by atomic mass is 32.2. The molecular weight excluding hydrogens is 295 g/mol. The molecular formula is C12H16F3NO3S. The summed E-state index contributed by atoms with van der Waals surface area (Å²) < 4.78 is 64.7. The summed E-state index contributed by atoms with van der Waals surface area (Å²) in [6.45, 7) is 3.20. The summed E-state index contributed by atoms with van der Waals surface area (Å²) in [5.41, 5.74) is 0. The number of aliphatic hydroxyl groups excluding tert-OH is 1. The lowest BCUT2D eigenvalue weighted by Crippen LogP contribution is -2.35. The van der Waals surface area contributed by atoms with E-state index in [1.54, 1.807) is 6.92 Å². The Balaban J connectivity index is 2.92. The molecule has 0 bridgehead atoms. The van der Waals surface area contributed by atoms with Gasteiger partial charge in [-0.25, -0.2) is 26.3 Å². The highest BCUT2D eigenvalue weighted by molar-refractivity contribution is 7.89. The van der Waals surface area contributed by atoms with Crippen molar-refractivity contribution in [2.45, 2.75) is 31.3 Å². The van der Waals surface area contributed by atoms with E-state index >= 15 is 0 Å². The molecule has 4 nitrogen and oxygen atoms in total. The van der Waals surface area contributed by atoms with Crippen molar-refractivity contribution in [3.05, 3.63) is 29.6 Å². The SMILES string of the molecule is CCC(C)C(O)CNS(=O)(=O)c1cc(F)c(F)cc1F. The molecule has 0 aliphatic carbocycles. The van der Waals surface area contributed by atoms with Crippen LogP contribution in [0.25, 0.3) is 0 Å². The Kier molecular flexibility index (Phi) is 5.55. The monoisotopic (exact) mass is 311 g/mol. The standard InChI is InChI=1S/C12H16F3NO3S/c1-3-7(2)11(17)6-16-20(18,19)12-5-9(14)8(13)4-10(12)15/h4-5,7,11,16-17H,3,6H2,1-2H3. The molecule has 0 aliphatic heterocycles. The average Bonchev–Trinajstić information content (AvgIpc) is 2.39. The largest absolute Gasteiger partial charge is 0.391 e. The van der Waals surface area contributed by atoms with E-state index in [1.165, 1.54) is 0 Å². The van der Waals surface area contributed by atoms with Crippen molar-refractivity contribution in [3.8, 4) is 0 Å². The van der Waals surface area contributed by atoms with Crippen LogP contribution in [0, 0.1) is 23.4 Å². The molecule has 0 amide bonds. The van der Waals surface area contributed by atoms with Crippen LogP contribution in [-0.4, -0.2) is 26.2 Å². The highest BCUT2D eigenvalue weighted by Gasteiger charge is 2.23. The molecule has 8 heteroatoms. The normalized spacial score (nSPS) is 15.1. The minimum atomic E-state index is -4.36. The zero-order valence-electron chi connectivity index (χ0n) is 11.0. The molecule has 0 radical (unpaired) electrons. The van der Waals surface area contributed by atoms with E-state index in [0.29, 0.717) is 6.42 Å². The lowest BCUT2D eigenvalue weighted by atomic mass is 10.0. The number of hydrogen-bond acceptors (Lipinski definition) is 3. The summed E-state index contributed by atoms with van der Waals surface area (Å²) in [7, 11) is -4.36. The van der Waals surface area contributed by atoms with Crippen LogP contribution in [0.2, 0.25) is 0 Å². The maximum Gasteiger partial charge on any atom is 0.243 e. The Morgan fingerprint density at radius 2 is 1.75 bits per heavy atom. The number of rotatable bonds is 6. The summed E-state index contributed by atoms with van der Waals surface area (Å²) in [6, 6.07) is 0.428. The van der Waals surface area contributed by atoms with E-state index in [-0.39, 0.29) is 24.6 Å². The van der Waals surface area contributed by atoms with E-state index in [4.69, 9.17) is 0 Å². The van der Waals surface area contributed by atoms with Gasteiger partial charge in [-0.2, -0.15) is 0 Å². The first-order valence-electron chi connectivity index (χ1n) is 6.01. The molecule has 1 rings (SSSR count). The average molecular weight is 311 g/mol. The topological polar surface area (TPSA) is 66.4 Å². The summed E-state index contributed by atoms with van der Waals surface area (Å²) in [5.74, 6) is -4.49. The third-order valence-electron chi connectivity index (χ3n) is 3.05. The fraction of sp³-hybridized carbons (Fsp3) is 0.500. The van der Waals surface area contributed by atoms with Gasteiger partial charge < -0.3 is 5.11 Å². The van der Waals surface area contributed by atoms with Gasteiger partial charge in [-0.05, 0) is 12.0 Å². The number of halogens is 3. The lowest BCUT2D eigenvalue weighted by Gasteiger charge is -2.17. The van der Waals surface area contributed by atoms with Gasteiger partial charge in [-0.3, -0.25) is 0 Å². The number of aliphatic hydroxyl groups is 1. The van der Waals surface area contributed by atoms with Gasteiger partial charge in [0, 0.05) is 12.6 Å². The second-order valence-corrected chi connectivity index (χ2v) is 6.24. The molecule has 0 aromatic heterocycles. The van der Waals surface area contributed by atoms with Crippen LogP contribution in [0.15, 0.2) is 17.0 Å². The summed E-state index contributed by atoms with van der Waals surface area (Å²) in [5, 5.41) is 9.64. The van der Waals surface area contributed by atoms with Gasteiger partial charge in [0.25, 0.3) is 0 Å². The summed E-state index contributed by atoms with van der Waals surface area (Å²) in [4.78, 5) is -0.993. The molecule has 2 unspecified atom stereocenters. The van der Waals surface area contributed by atoms with Crippen LogP contribution < -0.4 is 4.72 Å². The summed E-state index contributed by atoms with van der Waals surface area (Å²) >= 11 is 0. The van der Waals surface area contributed by atoms with Crippen LogP contribution >= 0.6 is 0 Å². The second kappa shape index (κ2) is 6.55. The van der Waals surface area contributed by atoms with Crippen molar-refractivity contribution in [2.24, 2.45) is 5.92 Å². The van der Waals surface area contributed by atoms with Gasteiger partial charge in [-0.15, -0.1) is 0 Å². The predicted octanol–water partition coefficient (Wildman–Crippen LogP) is 1.79. The third-order valence-corrected chi connectivity index (χ3v) is 4.49. The molecule has 0 spiro atoms. The van der Waals surface area contributed by atoms with Gasteiger partial charge in [0.2, 0.25) is 10.0 Å². The van der Waals surface area contributed by atoms with Crippen LogP contribution in [0.1, 0.15) is 20.3 Å². The molecule has 0 aliphatic rings. The van der Waals surface area contributed by atoms with Crippen LogP contribution in [0.3, 0.4) is 0 Å². The smallest absolute Gasteiger partial charge is 0.243 e. The minimum absolute atomic E-state index is 0.160. The van der Waals surface area contributed by atoms with Crippen molar-refractivity contribution >= 4 is 10.0 Å². The zero-order valence-corrected chi connectivity index (χ0v) is 11.8. The maximum absolute atomic E-state index is 13.4. The fourth-order valence-corrected chi connectivity index (χ4v) is 2.58. The molecule has 20 heavy (non-hydrogen) atoms. The quantitative estimate of drug-likeness (QED) is 0.787. The molecule has 1 aromatic carbocycles. The van der Waals surface area contributed by atoms with Crippen molar-refractivity contribution in [1.29, 1.82) is 0 Å². The highest BCUT2D eigenvalue weighted by Crippen LogP contribution is 2.18. The molecule has 0 saturated heterocycles. The molecule has 114 valence electrons. The summed E-state index contributed by atoms with van der Waals surface area (Å²) in [6.07, 6.45) is -0.328. The zero-order chi connectivity index (χ0) is 15.5. The van der Waals surface area contributed by atoms with Crippen molar-refractivity contribution in [2.75, 3.05) is 6.54 Å². The first kappa shape index (κ1) is 16.9. The first-order chi connectivity index (χ1) is 9.19. The number of nitrogens with one attached hydrogen (secondary N) is 1. The Labute approximate surface area is 115 Å². The van der Waals surface area contributed by atoms with Gasteiger partial charge >= 0.3 is 0 Å². The van der Waals surface area contributed by atoms with Gasteiger partial charge in [0.05, 0.1) is 6.10 Å². The minimum Gasteiger partial charge on any atom is -0.391 e. The first-order valence-corrected chi connectivity index (χ1v) is 7.49. The van der Waals surface area contributed by atoms with E-state index in [1.807, 2.05) is 11.6 Å². The Morgan fingerprint density at radius 3 is 2.30 bits per heavy atom. The Bertz CT molecular complexity index is 578. The number of hydrogen-bond donors (Lipinski definition) is 2. The van der Waals surface area contributed by atoms with E-state index in [2.05, 4.69) is 0 Å². The molecule has 0 heterocycles. The Morgan fingerprint density at radius 1 is 1.20 bits per heavy atom. The molecule has 0 saturated carbocycles. The molecule has 2 N–H and O–H groups in total. The third kappa shape index (κ3) is 3.94. The van der Waals surface area contributed by atoms with Crippen LogP contribution in [0.5, 0.6) is 0 Å². The number of benzene rings is 1. The number of sulfonamides is 1. The lowest BCUT2D eigenvalue weighted by molar-refractivity contribution is 0.118. The van der Waals surface area contributed by atoms with Crippen LogP contribution in [-0.2, 0) is 10.0 Å². The fourth-order valence-electron chi connectivity index (χ4n) is 1.46. The predicted molar refractivity (Wildman–Crippen MR) is 67.0 cm³/mol. The van der Waals surface area contributed by atoms with Crippen molar-refractivity contribution in [1.82, 2.24) is 4.72 Å². The van der Waals surface area contributed by atoms with E-state index in [0.717, 1.165) is 0 Å². The van der Waals surface area contributed by atoms with E-state index < -0.39 is 38.5 Å². The molecule has 1 aromatic rings. The van der Waals surface area contributed by atoms with Crippen molar-refractivity contribution in [3.63, 3.8) is 0 Å². The maximum atomic E-state index is 13.4. The van der Waals surface area contributed by atoms with Gasteiger partial charge in [0.1, 0.15) is 10.7 Å².